The van der Waals surface area contributed by atoms with Crippen molar-refractivity contribution in [3.8, 4) is 5.75 Å². The number of aromatic carboxylic acids is 1. The molecular formula is C18H20N2O5S. The lowest BCUT2D eigenvalue weighted by atomic mass is 10.2. The van der Waals surface area contributed by atoms with Gasteiger partial charge in [0.2, 0.25) is 10.0 Å². The summed E-state index contributed by atoms with van der Waals surface area (Å²) in [7, 11) is -2.12. The highest BCUT2D eigenvalue weighted by Gasteiger charge is 2.29. The number of ether oxygens (including phenoxy) is 1. The van der Waals surface area contributed by atoms with Gasteiger partial charge in [0.15, 0.2) is 0 Å². The van der Waals surface area contributed by atoms with Gasteiger partial charge in [-0.3, -0.25) is 0 Å². The number of para-hydroxylation sites is 2. The smallest absolute Gasteiger partial charge is 0.335 e. The maximum atomic E-state index is 12.8. The van der Waals surface area contributed by atoms with E-state index >= 15 is 0 Å². The van der Waals surface area contributed by atoms with Gasteiger partial charge in [-0.2, -0.15) is 4.31 Å². The van der Waals surface area contributed by atoms with Crippen molar-refractivity contribution in [2.24, 2.45) is 0 Å². The SMILES string of the molecule is COc1ccccc1N1CCN(S(=O)(=O)c2cccc(C(=O)O)c2)CC1. The van der Waals surface area contributed by atoms with E-state index in [1.54, 1.807) is 7.11 Å². The minimum absolute atomic E-state index is 0.00291. The van der Waals surface area contributed by atoms with Crippen LogP contribution in [0.5, 0.6) is 5.75 Å². The molecule has 1 heterocycles. The van der Waals surface area contributed by atoms with Gasteiger partial charge >= 0.3 is 5.97 Å². The van der Waals surface area contributed by atoms with Crippen molar-refractivity contribution in [1.82, 2.24) is 4.31 Å². The third kappa shape index (κ3) is 3.51. The molecule has 1 fully saturated rings. The summed E-state index contributed by atoms with van der Waals surface area (Å²) < 4.78 is 32.4. The Hall–Kier alpha value is -2.58. The highest BCUT2D eigenvalue weighted by molar-refractivity contribution is 7.89. The second-order valence-electron chi connectivity index (χ2n) is 5.90. The molecule has 1 N–H and O–H groups in total. The van der Waals surface area contributed by atoms with Crippen LogP contribution in [0.15, 0.2) is 53.4 Å². The first kappa shape index (κ1) is 18.2. The fourth-order valence-electron chi connectivity index (χ4n) is 3.00. The molecular weight excluding hydrogens is 356 g/mol. The molecule has 3 rings (SSSR count). The van der Waals surface area contributed by atoms with Gasteiger partial charge < -0.3 is 14.7 Å². The number of carboxylic acids is 1. The van der Waals surface area contributed by atoms with E-state index in [1.165, 1.54) is 28.6 Å². The molecule has 138 valence electrons. The van der Waals surface area contributed by atoms with E-state index in [9.17, 15) is 13.2 Å². The molecule has 8 heteroatoms. The van der Waals surface area contributed by atoms with Crippen molar-refractivity contribution in [1.29, 1.82) is 0 Å². The number of methoxy groups -OCH3 is 1. The summed E-state index contributed by atoms with van der Waals surface area (Å²) in [4.78, 5) is 13.2. The summed E-state index contributed by atoms with van der Waals surface area (Å²) >= 11 is 0. The van der Waals surface area contributed by atoms with E-state index in [1.807, 2.05) is 24.3 Å². The molecule has 7 nitrogen and oxygen atoms in total. The van der Waals surface area contributed by atoms with Crippen LogP contribution in [0.25, 0.3) is 0 Å². The Morgan fingerprint density at radius 1 is 1.04 bits per heavy atom. The fraction of sp³-hybridized carbons (Fsp3) is 0.278. The largest absolute Gasteiger partial charge is 0.495 e. The van der Waals surface area contributed by atoms with Crippen LogP contribution in [0.3, 0.4) is 0 Å². The Balaban J connectivity index is 1.77. The Bertz CT molecular complexity index is 905. The van der Waals surface area contributed by atoms with Crippen molar-refractivity contribution in [2.45, 2.75) is 4.90 Å². The lowest BCUT2D eigenvalue weighted by Crippen LogP contribution is -2.48. The monoisotopic (exact) mass is 376 g/mol. The third-order valence-corrected chi connectivity index (χ3v) is 6.28. The topological polar surface area (TPSA) is 87.2 Å². The Labute approximate surface area is 152 Å². The average Bonchev–Trinajstić information content (AvgIpc) is 2.68. The Morgan fingerprint density at radius 3 is 2.38 bits per heavy atom. The number of sulfonamides is 1. The maximum absolute atomic E-state index is 12.8. The number of benzene rings is 2. The zero-order valence-electron chi connectivity index (χ0n) is 14.3. The molecule has 0 radical (unpaired) electrons. The summed E-state index contributed by atoms with van der Waals surface area (Å²) in [5.74, 6) is -0.402. The van der Waals surface area contributed by atoms with Crippen molar-refractivity contribution in [3.05, 3.63) is 54.1 Å². The molecule has 0 unspecified atom stereocenters. The lowest BCUT2D eigenvalue weighted by molar-refractivity contribution is 0.0696. The number of anilines is 1. The molecule has 0 aromatic heterocycles. The highest BCUT2D eigenvalue weighted by Crippen LogP contribution is 2.29. The third-order valence-electron chi connectivity index (χ3n) is 4.38. The van der Waals surface area contributed by atoms with Gasteiger partial charge in [0.05, 0.1) is 23.3 Å². The Morgan fingerprint density at radius 2 is 1.73 bits per heavy atom. The van der Waals surface area contributed by atoms with Crippen molar-refractivity contribution < 1.29 is 23.1 Å². The van der Waals surface area contributed by atoms with Gasteiger partial charge in [-0.05, 0) is 30.3 Å². The molecule has 1 aliphatic rings. The van der Waals surface area contributed by atoms with E-state index < -0.39 is 16.0 Å². The molecule has 0 amide bonds. The number of nitrogens with zero attached hydrogens (tertiary/aromatic N) is 2. The summed E-state index contributed by atoms with van der Waals surface area (Å²) in [5, 5.41) is 9.07. The number of piperazine rings is 1. The van der Waals surface area contributed by atoms with Gasteiger partial charge in [-0.25, -0.2) is 13.2 Å². The first-order valence-corrected chi connectivity index (χ1v) is 9.59. The predicted molar refractivity (Wildman–Crippen MR) is 97.4 cm³/mol. The molecule has 1 aliphatic heterocycles. The average molecular weight is 376 g/mol. The molecule has 2 aromatic carbocycles. The highest BCUT2D eigenvalue weighted by atomic mass is 32.2. The van der Waals surface area contributed by atoms with E-state index in [-0.39, 0.29) is 10.5 Å². The Kier molecular flexibility index (Phi) is 5.15. The molecule has 2 aromatic rings. The van der Waals surface area contributed by atoms with Gasteiger partial charge in [0.25, 0.3) is 0 Å². The summed E-state index contributed by atoms with van der Waals surface area (Å²) in [6.45, 7) is 1.69. The van der Waals surface area contributed by atoms with Crippen LogP contribution in [-0.4, -0.2) is 57.1 Å². The zero-order chi connectivity index (χ0) is 18.7. The summed E-state index contributed by atoms with van der Waals surface area (Å²) in [6, 6.07) is 13.1. The van der Waals surface area contributed by atoms with Crippen LogP contribution < -0.4 is 9.64 Å². The van der Waals surface area contributed by atoms with Crippen LogP contribution in [0, 0.1) is 0 Å². The van der Waals surface area contributed by atoms with E-state index in [0.29, 0.717) is 26.2 Å². The molecule has 0 aliphatic carbocycles. The number of hydrogen-bond acceptors (Lipinski definition) is 5. The molecule has 26 heavy (non-hydrogen) atoms. The second kappa shape index (κ2) is 7.35. The normalized spacial score (nSPS) is 15.7. The van der Waals surface area contributed by atoms with Crippen molar-refractivity contribution in [2.75, 3.05) is 38.2 Å². The van der Waals surface area contributed by atoms with Crippen LogP contribution in [0.4, 0.5) is 5.69 Å². The van der Waals surface area contributed by atoms with Crippen LogP contribution in [-0.2, 0) is 10.0 Å². The van der Waals surface area contributed by atoms with E-state index in [2.05, 4.69) is 4.90 Å². The number of hydrogen-bond donors (Lipinski definition) is 1. The van der Waals surface area contributed by atoms with Crippen LogP contribution in [0.2, 0.25) is 0 Å². The van der Waals surface area contributed by atoms with Crippen LogP contribution in [0.1, 0.15) is 10.4 Å². The van der Waals surface area contributed by atoms with Crippen molar-refractivity contribution in [3.63, 3.8) is 0 Å². The van der Waals surface area contributed by atoms with Gasteiger partial charge in [-0.15, -0.1) is 0 Å². The lowest BCUT2D eigenvalue weighted by Gasteiger charge is -2.35. The van der Waals surface area contributed by atoms with E-state index in [4.69, 9.17) is 9.84 Å². The molecule has 1 saturated heterocycles. The molecule has 0 spiro atoms. The standard InChI is InChI=1S/C18H20N2O5S/c1-25-17-8-3-2-7-16(17)19-9-11-20(12-10-19)26(23,24)15-6-4-5-14(13-15)18(21)22/h2-8,13H,9-12H2,1H3,(H,21,22). The number of rotatable bonds is 5. The quantitative estimate of drug-likeness (QED) is 0.858. The van der Waals surface area contributed by atoms with Gasteiger partial charge in [0.1, 0.15) is 5.75 Å². The van der Waals surface area contributed by atoms with E-state index in [0.717, 1.165) is 11.4 Å². The van der Waals surface area contributed by atoms with Gasteiger partial charge in [-0.1, -0.05) is 18.2 Å². The first-order valence-electron chi connectivity index (χ1n) is 8.15. The molecule has 0 atom stereocenters. The predicted octanol–water partition coefficient (Wildman–Crippen LogP) is 1.90. The second-order valence-corrected chi connectivity index (χ2v) is 7.83. The maximum Gasteiger partial charge on any atom is 0.335 e. The zero-order valence-corrected chi connectivity index (χ0v) is 15.1. The van der Waals surface area contributed by atoms with Gasteiger partial charge in [0, 0.05) is 26.2 Å². The number of carboxylic acid groups (broad SMARTS) is 1. The number of carbonyl (C=O) groups is 1. The summed E-state index contributed by atoms with van der Waals surface area (Å²) in [6.07, 6.45) is 0. The van der Waals surface area contributed by atoms with Crippen LogP contribution >= 0.6 is 0 Å². The summed E-state index contributed by atoms with van der Waals surface area (Å²) in [5.41, 5.74) is 0.888. The minimum atomic E-state index is -3.73. The van der Waals surface area contributed by atoms with Crippen molar-refractivity contribution >= 4 is 21.7 Å². The first-order chi connectivity index (χ1) is 12.4. The molecule has 0 bridgehead atoms. The minimum Gasteiger partial charge on any atom is -0.495 e. The molecule has 0 saturated carbocycles. The fourth-order valence-corrected chi connectivity index (χ4v) is 4.47.